The average molecular weight is 420 g/mol. The van der Waals surface area contributed by atoms with Crippen molar-refractivity contribution in [3.8, 4) is 18.0 Å². The van der Waals surface area contributed by atoms with Gasteiger partial charge in [-0.05, 0) is 32.9 Å². The lowest BCUT2D eigenvalue weighted by atomic mass is 10.1. The van der Waals surface area contributed by atoms with Crippen LogP contribution in [0.2, 0.25) is 10.0 Å². The first-order chi connectivity index (χ1) is 12.3. The monoisotopic (exact) mass is 419 g/mol. The van der Waals surface area contributed by atoms with Crippen molar-refractivity contribution in [2.24, 2.45) is 0 Å². The molecule has 2 aromatic rings. The zero-order chi connectivity index (χ0) is 20.7. The Morgan fingerprint density at radius 2 is 1.78 bits per heavy atom. The standard InChI is InChI=1S/C17H14Cl2F3N3O2/c1-5-9-12(15(26)27-16(2,3)4)25(24-14(9)23)13-10(18)6-8(7-11(13)19)17(20,21)22/h1,6-7H,2-4H3,(H2,23,24). The molecule has 5 nitrogen and oxygen atoms in total. The number of aromatic nitrogens is 2. The number of hydrogen-bond donors (Lipinski definition) is 1. The predicted octanol–water partition coefficient (Wildman–Crippen LogP) is 4.72. The number of halogens is 5. The number of ether oxygens (including phenoxy) is 1. The lowest BCUT2D eigenvalue weighted by Crippen LogP contribution is -2.26. The molecule has 0 aliphatic carbocycles. The quantitative estimate of drug-likeness (QED) is 0.564. The van der Waals surface area contributed by atoms with E-state index in [-0.39, 0.29) is 22.8 Å². The Kier molecular flexibility index (Phi) is 5.41. The van der Waals surface area contributed by atoms with E-state index in [1.807, 2.05) is 0 Å². The van der Waals surface area contributed by atoms with E-state index in [1.165, 1.54) is 0 Å². The lowest BCUT2D eigenvalue weighted by Gasteiger charge is -2.20. The molecule has 0 amide bonds. The Hall–Kier alpha value is -2.37. The van der Waals surface area contributed by atoms with Crippen molar-refractivity contribution in [3.63, 3.8) is 0 Å². The Bertz CT molecular complexity index is 931. The molecular weight excluding hydrogens is 406 g/mol. The summed E-state index contributed by atoms with van der Waals surface area (Å²) in [5.41, 5.74) is 3.27. The second-order valence-electron chi connectivity index (χ2n) is 6.45. The summed E-state index contributed by atoms with van der Waals surface area (Å²) in [6, 6.07) is 1.32. The second-order valence-corrected chi connectivity index (χ2v) is 7.27. The van der Waals surface area contributed by atoms with Gasteiger partial charge in [-0.25, -0.2) is 9.48 Å². The maximum atomic E-state index is 12.9. The molecular formula is C17H14Cl2F3N3O2. The summed E-state index contributed by atoms with van der Waals surface area (Å²) >= 11 is 12.0. The SMILES string of the molecule is C#Cc1c(N)nn(-c2c(Cl)cc(C(F)(F)F)cc2Cl)c1C(=O)OC(C)(C)C. The van der Waals surface area contributed by atoms with Gasteiger partial charge in [0.05, 0.1) is 15.6 Å². The van der Waals surface area contributed by atoms with Gasteiger partial charge in [0.1, 0.15) is 16.9 Å². The number of terminal acetylenes is 1. The van der Waals surface area contributed by atoms with E-state index in [9.17, 15) is 18.0 Å². The number of alkyl halides is 3. The molecule has 0 bridgehead atoms. The van der Waals surface area contributed by atoms with Crippen molar-refractivity contribution < 1.29 is 22.7 Å². The van der Waals surface area contributed by atoms with Gasteiger partial charge in [0, 0.05) is 0 Å². The highest BCUT2D eigenvalue weighted by Crippen LogP contribution is 2.38. The summed E-state index contributed by atoms with van der Waals surface area (Å²) in [6.07, 6.45) is 0.736. The third kappa shape index (κ3) is 4.31. The van der Waals surface area contributed by atoms with E-state index in [0.29, 0.717) is 12.1 Å². The number of carbonyl (C=O) groups is 1. The first-order valence-corrected chi connectivity index (χ1v) is 8.17. The Balaban J connectivity index is 2.74. The minimum absolute atomic E-state index is 0.0868. The van der Waals surface area contributed by atoms with Crippen molar-refractivity contribution in [1.82, 2.24) is 9.78 Å². The highest BCUT2D eigenvalue weighted by molar-refractivity contribution is 6.38. The van der Waals surface area contributed by atoms with Crippen LogP contribution in [0.5, 0.6) is 0 Å². The van der Waals surface area contributed by atoms with E-state index in [2.05, 4.69) is 11.0 Å². The Labute approximate surface area is 163 Å². The molecule has 0 aliphatic rings. The summed E-state index contributed by atoms with van der Waals surface area (Å²) < 4.78 is 45.0. The minimum atomic E-state index is -4.66. The number of hydrogen-bond acceptors (Lipinski definition) is 4. The topological polar surface area (TPSA) is 70.1 Å². The summed E-state index contributed by atoms with van der Waals surface area (Å²) in [5.74, 6) is 1.13. The van der Waals surface area contributed by atoms with Crippen molar-refractivity contribution in [2.75, 3.05) is 5.73 Å². The molecule has 0 aliphatic heterocycles. The summed E-state index contributed by atoms with van der Waals surface area (Å²) in [5, 5.41) is 3.12. The molecule has 1 aromatic carbocycles. The third-order valence-corrected chi connectivity index (χ3v) is 3.78. The van der Waals surface area contributed by atoms with E-state index in [4.69, 9.17) is 40.1 Å². The molecule has 27 heavy (non-hydrogen) atoms. The van der Waals surface area contributed by atoms with Crippen LogP contribution in [0.25, 0.3) is 5.69 Å². The molecule has 2 N–H and O–H groups in total. The van der Waals surface area contributed by atoms with Crippen LogP contribution in [-0.4, -0.2) is 21.4 Å². The van der Waals surface area contributed by atoms with E-state index < -0.39 is 33.4 Å². The molecule has 0 fully saturated rings. The van der Waals surface area contributed by atoms with Gasteiger partial charge in [-0.3, -0.25) is 0 Å². The van der Waals surface area contributed by atoms with Gasteiger partial charge in [0.25, 0.3) is 0 Å². The van der Waals surface area contributed by atoms with Gasteiger partial charge < -0.3 is 10.5 Å². The lowest BCUT2D eigenvalue weighted by molar-refractivity contribution is -0.137. The fourth-order valence-corrected chi connectivity index (χ4v) is 2.83. The molecule has 1 aromatic heterocycles. The number of nitrogen functional groups attached to an aromatic ring is 1. The number of carbonyl (C=O) groups excluding carboxylic acids is 1. The molecule has 144 valence electrons. The van der Waals surface area contributed by atoms with Crippen molar-refractivity contribution in [3.05, 3.63) is 39.0 Å². The van der Waals surface area contributed by atoms with Crippen LogP contribution >= 0.6 is 23.2 Å². The van der Waals surface area contributed by atoms with Crippen LogP contribution in [0.1, 0.15) is 42.4 Å². The maximum Gasteiger partial charge on any atom is 0.416 e. The fraction of sp³-hybridized carbons (Fsp3) is 0.294. The van der Waals surface area contributed by atoms with Gasteiger partial charge in [0.15, 0.2) is 11.5 Å². The molecule has 0 saturated heterocycles. The highest BCUT2D eigenvalue weighted by atomic mass is 35.5. The fourth-order valence-electron chi connectivity index (χ4n) is 2.19. The minimum Gasteiger partial charge on any atom is -0.455 e. The predicted molar refractivity (Wildman–Crippen MR) is 96.1 cm³/mol. The van der Waals surface area contributed by atoms with Gasteiger partial charge in [-0.1, -0.05) is 29.1 Å². The smallest absolute Gasteiger partial charge is 0.416 e. The molecule has 10 heteroatoms. The van der Waals surface area contributed by atoms with Crippen LogP contribution in [0, 0.1) is 12.3 Å². The average Bonchev–Trinajstić information content (AvgIpc) is 2.80. The number of rotatable bonds is 2. The maximum absolute atomic E-state index is 12.9. The summed E-state index contributed by atoms with van der Waals surface area (Å²) in [6.45, 7) is 4.88. The zero-order valence-electron chi connectivity index (χ0n) is 14.4. The number of nitrogens with zero attached hydrogens (tertiary/aromatic N) is 2. The van der Waals surface area contributed by atoms with Crippen LogP contribution in [-0.2, 0) is 10.9 Å². The van der Waals surface area contributed by atoms with Crippen molar-refractivity contribution in [1.29, 1.82) is 0 Å². The first-order valence-electron chi connectivity index (χ1n) is 7.41. The molecule has 0 radical (unpaired) electrons. The van der Waals surface area contributed by atoms with Gasteiger partial charge >= 0.3 is 12.1 Å². The number of anilines is 1. The molecule has 0 unspecified atom stereocenters. The van der Waals surface area contributed by atoms with E-state index in [0.717, 1.165) is 4.68 Å². The van der Waals surface area contributed by atoms with E-state index in [1.54, 1.807) is 20.8 Å². The second kappa shape index (κ2) is 6.98. The highest BCUT2D eigenvalue weighted by Gasteiger charge is 2.34. The first kappa shape index (κ1) is 20.9. The van der Waals surface area contributed by atoms with Gasteiger partial charge in [-0.2, -0.15) is 13.2 Å². The van der Waals surface area contributed by atoms with Crippen molar-refractivity contribution in [2.45, 2.75) is 32.5 Å². The van der Waals surface area contributed by atoms with Crippen LogP contribution in [0.15, 0.2) is 12.1 Å². The molecule has 1 heterocycles. The summed E-state index contributed by atoms with van der Waals surface area (Å²) in [7, 11) is 0. The molecule has 0 spiro atoms. The zero-order valence-corrected chi connectivity index (χ0v) is 15.9. The number of nitrogens with two attached hydrogens (primary N) is 1. The summed E-state index contributed by atoms with van der Waals surface area (Å²) in [4.78, 5) is 12.6. The van der Waals surface area contributed by atoms with Crippen LogP contribution in [0.3, 0.4) is 0 Å². The van der Waals surface area contributed by atoms with Crippen LogP contribution in [0.4, 0.5) is 19.0 Å². The molecule has 2 rings (SSSR count). The van der Waals surface area contributed by atoms with E-state index >= 15 is 0 Å². The number of benzene rings is 1. The largest absolute Gasteiger partial charge is 0.455 e. The Morgan fingerprint density at radius 1 is 1.26 bits per heavy atom. The normalized spacial score (nSPS) is 12.0. The van der Waals surface area contributed by atoms with Crippen molar-refractivity contribution >= 4 is 35.0 Å². The van der Waals surface area contributed by atoms with Gasteiger partial charge in [-0.15, -0.1) is 11.5 Å². The number of esters is 1. The molecule has 0 atom stereocenters. The van der Waals surface area contributed by atoms with Crippen LogP contribution < -0.4 is 5.73 Å². The van der Waals surface area contributed by atoms with Gasteiger partial charge in [0.2, 0.25) is 0 Å². The third-order valence-electron chi connectivity index (χ3n) is 3.21. The molecule has 0 saturated carbocycles. The Morgan fingerprint density at radius 3 is 2.19 bits per heavy atom.